The van der Waals surface area contributed by atoms with E-state index in [1.165, 1.54) is 38.5 Å². The molecule has 5 rings (SSSR count). The summed E-state index contributed by atoms with van der Waals surface area (Å²) in [7, 11) is 0. The fourth-order valence-electron chi connectivity index (χ4n) is 11.5. The van der Waals surface area contributed by atoms with Crippen LogP contribution in [0.5, 0.6) is 0 Å². The topological polar surface area (TPSA) is 0 Å². The Morgan fingerprint density at radius 2 is 1.39 bits per heavy atom. The summed E-state index contributed by atoms with van der Waals surface area (Å²) in [6.07, 6.45) is 18.3. The van der Waals surface area contributed by atoms with Gasteiger partial charge in [0.25, 0.3) is 0 Å². The average molecular weight is 427 g/mol. The minimum atomic E-state index is 0.567. The Hall–Kier alpha value is 0. The zero-order chi connectivity index (χ0) is 22.4. The van der Waals surface area contributed by atoms with Crippen LogP contribution >= 0.6 is 0 Å². The third-order valence-electron chi connectivity index (χ3n) is 13.9. The van der Waals surface area contributed by atoms with E-state index in [0.717, 1.165) is 46.3 Å². The Morgan fingerprint density at radius 1 is 0.710 bits per heavy atom. The van der Waals surface area contributed by atoms with Crippen LogP contribution in [-0.2, 0) is 0 Å². The number of hydrogen-bond acceptors (Lipinski definition) is 0. The molecular weight excluding hydrogens is 372 g/mol. The minimum absolute atomic E-state index is 0.567. The average Bonchev–Trinajstić information content (AvgIpc) is 3.27. The fraction of sp³-hybridized carbons (Fsp3) is 1.00. The van der Waals surface area contributed by atoms with Crippen LogP contribution in [0.25, 0.3) is 0 Å². The fourth-order valence-corrected chi connectivity index (χ4v) is 11.5. The van der Waals surface area contributed by atoms with Gasteiger partial charge in [0.2, 0.25) is 0 Å². The second-order valence-electron chi connectivity index (χ2n) is 15.2. The molecule has 31 heavy (non-hydrogen) atoms. The lowest BCUT2D eigenvalue weighted by Gasteiger charge is -2.63. The lowest BCUT2D eigenvalue weighted by Crippen LogP contribution is -2.56. The van der Waals surface area contributed by atoms with Gasteiger partial charge in [-0.05, 0) is 120 Å². The van der Waals surface area contributed by atoms with Gasteiger partial charge in [-0.1, -0.05) is 74.7 Å². The zero-order valence-electron chi connectivity index (χ0n) is 22.4. The molecule has 5 saturated carbocycles. The van der Waals surface area contributed by atoms with Gasteiger partial charge in [0, 0.05) is 0 Å². The van der Waals surface area contributed by atoms with E-state index in [1.54, 1.807) is 38.5 Å². The molecule has 0 bridgehead atoms. The van der Waals surface area contributed by atoms with E-state index in [1.807, 2.05) is 0 Å². The van der Waals surface area contributed by atoms with Crippen LogP contribution in [0.3, 0.4) is 0 Å². The van der Waals surface area contributed by atoms with Crippen LogP contribution in [0.15, 0.2) is 0 Å². The second kappa shape index (κ2) is 7.01. The van der Waals surface area contributed by atoms with Crippen LogP contribution in [-0.4, -0.2) is 0 Å². The van der Waals surface area contributed by atoms with Crippen LogP contribution in [0.1, 0.15) is 132 Å². The lowest BCUT2D eigenvalue weighted by atomic mass is 9.41. The van der Waals surface area contributed by atoms with Crippen LogP contribution in [0.2, 0.25) is 0 Å². The third-order valence-corrected chi connectivity index (χ3v) is 13.9. The third kappa shape index (κ3) is 2.78. The first-order chi connectivity index (χ1) is 14.4. The van der Waals surface area contributed by atoms with Gasteiger partial charge in [-0.15, -0.1) is 0 Å². The van der Waals surface area contributed by atoms with Crippen molar-refractivity contribution in [3.63, 3.8) is 0 Å². The molecule has 0 nitrogen and oxygen atoms in total. The van der Waals surface area contributed by atoms with Crippen molar-refractivity contribution in [2.45, 2.75) is 132 Å². The first-order valence-electron chi connectivity index (χ1n) is 14.4. The molecule has 0 aromatic carbocycles. The highest BCUT2D eigenvalue weighted by molar-refractivity contribution is 5.30. The Bertz CT molecular complexity index is 703. The summed E-state index contributed by atoms with van der Waals surface area (Å²) in [4.78, 5) is 0. The molecule has 0 aromatic heterocycles. The van der Waals surface area contributed by atoms with Gasteiger partial charge in [0.1, 0.15) is 0 Å². The maximum absolute atomic E-state index is 2.81. The van der Waals surface area contributed by atoms with E-state index in [9.17, 15) is 0 Å². The Kier molecular flexibility index (Phi) is 5.15. The molecular formula is C31H54. The summed E-state index contributed by atoms with van der Waals surface area (Å²) in [5, 5.41) is 0. The summed E-state index contributed by atoms with van der Waals surface area (Å²) >= 11 is 0. The van der Waals surface area contributed by atoms with Crippen molar-refractivity contribution >= 4 is 0 Å². The number of hydrogen-bond donors (Lipinski definition) is 0. The van der Waals surface area contributed by atoms with E-state index in [2.05, 4.69) is 55.4 Å². The maximum Gasteiger partial charge on any atom is -0.0198 e. The summed E-state index contributed by atoms with van der Waals surface area (Å²) in [6, 6.07) is 0. The highest BCUT2D eigenvalue weighted by Crippen LogP contribution is 2.89. The van der Waals surface area contributed by atoms with Gasteiger partial charge in [-0.3, -0.25) is 0 Å². The van der Waals surface area contributed by atoms with Gasteiger partial charge in [0.15, 0.2) is 0 Å². The molecule has 178 valence electrons. The monoisotopic (exact) mass is 426 g/mol. The molecule has 2 spiro atoms. The quantitative estimate of drug-likeness (QED) is 0.410. The van der Waals surface area contributed by atoms with E-state index in [-0.39, 0.29) is 0 Å². The Labute approximate surface area is 195 Å². The lowest BCUT2D eigenvalue weighted by molar-refractivity contribution is -0.149. The molecule has 0 amide bonds. The normalized spacial score (nSPS) is 53.3. The van der Waals surface area contributed by atoms with Gasteiger partial charge >= 0.3 is 0 Å². The molecule has 0 N–H and O–H groups in total. The Balaban J connectivity index is 1.39. The molecule has 5 aliphatic rings. The SMILES string of the molecule is CC(C)CCCC(C)C1CCC2(C)C3CCC4C(C)(C)C(C)CCC45CC35CCC12C. The molecule has 0 aromatic rings. The smallest absolute Gasteiger partial charge is 0.0198 e. The molecule has 9 unspecified atom stereocenters. The van der Waals surface area contributed by atoms with Crippen molar-refractivity contribution < 1.29 is 0 Å². The van der Waals surface area contributed by atoms with Crippen molar-refractivity contribution in [3.05, 3.63) is 0 Å². The largest absolute Gasteiger partial charge is 0.0628 e. The molecule has 0 saturated heterocycles. The summed E-state index contributed by atoms with van der Waals surface area (Å²) < 4.78 is 0. The Morgan fingerprint density at radius 3 is 2.10 bits per heavy atom. The molecule has 0 radical (unpaired) electrons. The molecule has 0 aliphatic heterocycles. The summed E-state index contributed by atoms with van der Waals surface area (Å²) in [5.41, 5.74) is 3.28. The first kappa shape index (κ1) is 22.8. The van der Waals surface area contributed by atoms with Crippen LogP contribution < -0.4 is 0 Å². The molecule has 0 heteroatoms. The van der Waals surface area contributed by atoms with Gasteiger partial charge < -0.3 is 0 Å². The molecule has 9 atom stereocenters. The highest BCUT2D eigenvalue weighted by atomic mass is 14.9. The predicted octanol–water partition coefficient (Wildman–Crippen LogP) is 9.52. The van der Waals surface area contributed by atoms with Crippen molar-refractivity contribution in [1.29, 1.82) is 0 Å². The number of rotatable bonds is 5. The molecule has 5 fully saturated rings. The van der Waals surface area contributed by atoms with E-state index >= 15 is 0 Å². The zero-order valence-corrected chi connectivity index (χ0v) is 22.4. The van der Waals surface area contributed by atoms with Crippen LogP contribution in [0, 0.1) is 62.6 Å². The first-order valence-corrected chi connectivity index (χ1v) is 14.4. The van der Waals surface area contributed by atoms with Crippen molar-refractivity contribution in [3.8, 4) is 0 Å². The van der Waals surface area contributed by atoms with Crippen molar-refractivity contribution in [1.82, 2.24) is 0 Å². The van der Waals surface area contributed by atoms with E-state index in [0.29, 0.717) is 16.2 Å². The van der Waals surface area contributed by atoms with Gasteiger partial charge in [-0.25, -0.2) is 0 Å². The highest BCUT2D eigenvalue weighted by Gasteiger charge is 2.81. The second-order valence-corrected chi connectivity index (χ2v) is 15.2. The maximum atomic E-state index is 2.81. The standard InChI is InChI=1S/C31H54/c1-21(2)10-9-11-22(3)24-15-16-29(8)26-13-12-25-27(5,6)23(4)14-17-30(25)20-31(26,30)19-18-28(24,29)7/h21-26H,9-20H2,1-8H3. The molecule has 0 heterocycles. The number of fused-ring (bicyclic) bond motifs is 2. The van der Waals surface area contributed by atoms with E-state index < -0.39 is 0 Å². The van der Waals surface area contributed by atoms with Gasteiger partial charge in [0.05, 0.1) is 0 Å². The van der Waals surface area contributed by atoms with Crippen molar-refractivity contribution in [2.24, 2.45) is 62.6 Å². The van der Waals surface area contributed by atoms with Crippen molar-refractivity contribution in [2.75, 3.05) is 0 Å². The predicted molar refractivity (Wildman–Crippen MR) is 134 cm³/mol. The summed E-state index contributed by atoms with van der Waals surface area (Å²) in [5.74, 6) is 5.75. The van der Waals surface area contributed by atoms with Crippen LogP contribution in [0.4, 0.5) is 0 Å². The van der Waals surface area contributed by atoms with Gasteiger partial charge in [-0.2, -0.15) is 0 Å². The minimum Gasteiger partial charge on any atom is -0.0628 e. The molecule has 5 aliphatic carbocycles. The summed E-state index contributed by atoms with van der Waals surface area (Å²) in [6.45, 7) is 20.9. The van der Waals surface area contributed by atoms with E-state index in [4.69, 9.17) is 0 Å².